The molecule has 1 aromatic carbocycles. The van der Waals surface area contributed by atoms with Gasteiger partial charge in [-0.3, -0.25) is 14.9 Å². The molecule has 130 valence electrons. The van der Waals surface area contributed by atoms with Gasteiger partial charge >= 0.3 is 0 Å². The maximum Gasteiger partial charge on any atom is 0.250 e. The van der Waals surface area contributed by atoms with E-state index in [-0.39, 0.29) is 11.9 Å². The predicted octanol–water partition coefficient (Wildman–Crippen LogP) is 2.01. The third kappa shape index (κ3) is 4.68. The first kappa shape index (κ1) is 18.2. The summed E-state index contributed by atoms with van der Waals surface area (Å²) in [7, 11) is 0. The van der Waals surface area contributed by atoms with Crippen molar-refractivity contribution in [1.82, 2.24) is 5.32 Å². The molecule has 0 spiro atoms. The molecule has 0 saturated carbocycles. The molecule has 1 aliphatic rings. The van der Waals surface area contributed by atoms with Gasteiger partial charge in [-0.05, 0) is 37.3 Å². The van der Waals surface area contributed by atoms with Crippen molar-refractivity contribution in [2.75, 3.05) is 11.4 Å². The first-order chi connectivity index (χ1) is 11.4. The average molecular weight is 329 g/mol. The lowest BCUT2D eigenvalue weighted by Gasteiger charge is -2.21. The van der Waals surface area contributed by atoms with E-state index in [9.17, 15) is 9.59 Å². The van der Waals surface area contributed by atoms with Crippen LogP contribution in [0.2, 0.25) is 0 Å². The first-order valence-electron chi connectivity index (χ1n) is 8.51. The van der Waals surface area contributed by atoms with E-state index in [4.69, 9.17) is 5.73 Å². The fraction of sp³-hybridized carbons (Fsp3) is 0.474. The van der Waals surface area contributed by atoms with Crippen molar-refractivity contribution in [3.63, 3.8) is 0 Å². The van der Waals surface area contributed by atoms with Crippen LogP contribution in [0.3, 0.4) is 0 Å². The summed E-state index contributed by atoms with van der Waals surface area (Å²) < 4.78 is 0. The number of primary amides is 1. The lowest BCUT2D eigenvalue weighted by Crippen LogP contribution is -2.44. The topological polar surface area (TPSA) is 75.4 Å². The van der Waals surface area contributed by atoms with Gasteiger partial charge in [-0.15, -0.1) is 0 Å². The van der Waals surface area contributed by atoms with E-state index < -0.39 is 11.9 Å². The quantitative estimate of drug-likeness (QED) is 0.751. The van der Waals surface area contributed by atoms with Crippen molar-refractivity contribution in [3.8, 4) is 0 Å². The zero-order chi connectivity index (χ0) is 17.7. The number of carbonyl (C=O) groups is 2. The molecule has 3 N–H and O–H groups in total. The number of rotatable bonds is 7. The molecule has 0 fully saturated rings. The standard InChI is InChI=1S/C19H27N3O2/c1-13(2)12-16(21-14(3)19(20)24)8-9-18(23)22-11-10-15-6-4-5-7-17(15)22/h4-9,13-14,16,21H,10-12H2,1-3H3,(H2,20,24)/b9-8+/t14-,16+/m0/s1. The summed E-state index contributed by atoms with van der Waals surface area (Å²) in [5, 5.41) is 3.18. The highest BCUT2D eigenvalue weighted by Gasteiger charge is 2.23. The number of amides is 2. The van der Waals surface area contributed by atoms with Gasteiger partial charge in [0.1, 0.15) is 0 Å². The number of nitrogens with two attached hydrogens (primary N) is 1. The Labute approximate surface area is 143 Å². The minimum absolute atomic E-state index is 0.0257. The Morgan fingerprint density at radius 3 is 2.67 bits per heavy atom. The fourth-order valence-corrected chi connectivity index (χ4v) is 2.97. The van der Waals surface area contributed by atoms with Gasteiger partial charge in [0.15, 0.2) is 0 Å². The van der Waals surface area contributed by atoms with E-state index in [2.05, 4.69) is 25.2 Å². The molecule has 5 nitrogen and oxygen atoms in total. The highest BCUT2D eigenvalue weighted by atomic mass is 16.2. The van der Waals surface area contributed by atoms with E-state index in [1.165, 1.54) is 5.56 Å². The average Bonchev–Trinajstić information content (AvgIpc) is 2.95. The molecule has 2 atom stereocenters. The van der Waals surface area contributed by atoms with Crippen molar-refractivity contribution in [3.05, 3.63) is 42.0 Å². The molecule has 5 heteroatoms. The van der Waals surface area contributed by atoms with E-state index in [0.717, 1.165) is 18.5 Å². The van der Waals surface area contributed by atoms with E-state index >= 15 is 0 Å². The van der Waals surface area contributed by atoms with Crippen molar-refractivity contribution in [2.45, 2.75) is 45.7 Å². The van der Waals surface area contributed by atoms with Crippen LogP contribution in [0.4, 0.5) is 5.69 Å². The second-order valence-corrected chi connectivity index (χ2v) is 6.75. The number of anilines is 1. The minimum atomic E-state index is -0.430. The second-order valence-electron chi connectivity index (χ2n) is 6.75. The predicted molar refractivity (Wildman–Crippen MR) is 96.7 cm³/mol. The highest BCUT2D eigenvalue weighted by Crippen LogP contribution is 2.27. The molecule has 1 aromatic rings. The molecule has 0 bridgehead atoms. The fourth-order valence-electron chi connectivity index (χ4n) is 2.97. The van der Waals surface area contributed by atoms with E-state index in [1.54, 1.807) is 17.9 Å². The normalized spacial score (nSPS) is 16.4. The molecule has 0 unspecified atom stereocenters. The van der Waals surface area contributed by atoms with Crippen molar-refractivity contribution < 1.29 is 9.59 Å². The van der Waals surface area contributed by atoms with Crippen LogP contribution in [0.5, 0.6) is 0 Å². The van der Waals surface area contributed by atoms with Gasteiger partial charge < -0.3 is 10.6 Å². The van der Waals surface area contributed by atoms with Gasteiger partial charge in [-0.2, -0.15) is 0 Å². The van der Waals surface area contributed by atoms with E-state index in [0.29, 0.717) is 12.5 Å². The molecule has 0 radical (unpaired) electrons. The Hall–Kier alpha value is -2.14. The molecule has 2 amide bonds. The van der Waals surface area contributed by atoms with Crippen molar-refractivity contribution >= 4 is 17.5 Å². The molecular formula is C19H27N3O2. The summed E-state index contributed by atoms with van der Waals surface area (Å²) in [5.41, 5.74) is 7.52. The number of benzene rings is 1. The summed E-state index contributed by atoms with van der Waals surface area (Å²) in [5.74, 6) is 0.0222. The molecule has 0 aliphatic carbocycles. The van der Waals surface area contributed by atoms with Crippen LogP contribution in [0.1, 0.15) is 32.8 Å². The van der Waals surface area contributed by atoms with Crippen LogP contribution in [0.15, 0.2) is 36.4 Å². The summed E-state index contributed by atoms with van der Waals surface area (Å²) in [6, 6.07) is 7.50. The number of para-hydroxylation sites is 1. The Bertz CT molecular complexity index is 625. The highest BCUT2D eigenvalue weighted by molar-refractivity contribution is 6.02. The minimum Gasteiger partial charge on any atom is -0.368 e. The zero-order valence-corrected chi connectivity index (χ0v) is 14.7. The number of hydrogen-bond donors (Lipinski definition) is 2. The van der Waals surface area contributed by atoms with Crippen molar-refractivity contribution in [1.29, 1.82) is 0 Å². The third-order valence-electron chi connectivity index (χ3n) is 4.24. The lowest BCUT2D eigenvalue weighted by molar-refractivity contribution is -0.119. The maximum atomic E-state index is 12.5. The summed E-state index contributed by atoms with van der Waals surface area (Å²) >= 11 is 0. The molecule has 1 heterocycles. The Kier molecular flexibility index (Phi) is 6.15. The third-order valence-corrected chi connectivity index (χ3v) is 4.24. The molecule has 1 aliphatic heterocycles. The molecule has 0 saturated heterocycles. The van der Waals surface area contributed by atoms with Crippen LogP contribution < -0.4 is 16.0 Å². The second kappa shape index (κ2) is 8.11. The van der Waals surface area contributed by atoms with Crippen LogP contribution in [-0.2, 0) is 16.0 Å². The van der Waals surface area contributed by atoms with Crippen molar-refractivity contribution in [2.24, 2.45) is 11.7 Å². The van der Waals surface area contributed by atoms with Gasteiger partial charge in [0.2, 0.25) is 5.91 Å². The van der Waals surface area contributed by atoms with Gasteiger partial charge in [-0.25, -0.2) is 0 Å². The van der Waals surface area contributed by atoms with Crippen LogP contribution in [0, 0.1) is 5.92 Å². The van der Waals surface area contributed by atoms with Gasteiger partial charge in [0.25, 0.3) is 5.91 Å². The SMILES string of the molecule is CC(C)C[C@@H](/C=C/C(=O)N1CCc2ccccc21)N[C@@H](C)C(N)=O. The molecule has 24 heavy (non-hydrogen) atoms. The number of fused-ring (bicyclic) bond motifs is 1. The number of nitrogens with zero attached hydrogens (tertiary/aromatic N) is 1. The molecule has 0 aromatic heterocycles. The largest absolute Gasteiger partial charge is 0.368 e. The smallest absolute Gasteiger partial charge is 0.250 e. The number of nitrogens with one attached hydrogen (secondary N) is 1. The van der Waals surface area contributed by atoms with Crippen LogP contribution >= 0.6 is 0 Å². The van der Waals surface area contributed by atoms with Gasteiger partial charge in [0, 0.05) is 24.4 Å². The maximum absolute atomic E-state index is 12.5. The number of carbonyl (C=O) groups excluding carboxylic acids is 2. The van der Waals surface area contributed by atoms with E-state index in [1.807, 2.05) is 24.3 Å². The first-order valence-corrected chi connectivity index (χ1v) is 8.51. The van der Waals surface area contributed by atoms with Gasteiger partial charge in [-0.1, -0.05) is 38.1 Å². The lowest BCUT2D eigenvalue weighted by atomic mass is 10.0. The Morgan fingerprint density at radius 2 is 2.00 bits per heavy atom. The summed E-state index contributed by atoms with van der Waals surface area (Å²) in [6.07, 6.45) is 5.18. The summed E-state index contributed by atoms with van der Waals surface area (Å²) in [6.45, 7) is 6.66. The molecule has 2 rings (SSSR count). The van der Waals surface area contributed by atoms with Crippen LogP contribution in [0.25, 0.3) is 0 Å². The van der Waals surface area contributed by atoms with Gasteiger partial charge in [0.05, 0.1) is 6.04 Å². The Morgan fingerprint density at radius 1 is 1.29 bits per heavy atom. The van der Waals surface area contributed by atoms with Crippen LogP contribution in [-0.4, -0.2) is 30.4 Å². The Balaban J connectivity index is 2.05. The zero-order valence-electron chi connectivity index (χ0n) is 14.7. The summed E-state index contributed by atoms with van der Waals surface area (Å²) in [4.78, 5) is 25.6. The number of hydrogen-bond acceptors (Lipinski definition) is 3. The monoisotopic (exact) mass is 329 g/mol. The molecular weight excluding hydrogens is 302 g/mol.